The molecule has 0 aromatic carbocycles. The van der Waals surface area contributed by atoms with Gasteiger partial charge in [0.25, 0.3) is 0 Å². The first-order valence-corrected chi connectivity index (χ1v) is 6.86. The lowest BCUT2D eigenvalue weighted by Gasteiger charge is -2.35. The Balaban J connectivity index is 1.93. The summed E-state index contributed by atoms with van der Waals surface area (Å²) in [5, 5.41) is 3.33. The molecular weight excluding hydrogens is 234 g/mol. The highest BCUT2D eigenvalue weighted by Crippen LogP contribution is 2.37. The maximum Gasteiger partial charge on any atom is 0.222 e. The van der Waals surface area contributed by atoms with Crippen LogP contribution in [0.4, 0.5) is 5.95 Å². The number of aryl methyl sites for hydroxylation is 1. The van der Waals surface area contributed by atoms with E-state index in [9.17, 15) is 0 Å². The molecule has 1 aliphatic rings. The Kier molecular flexibility index (Phi) is 4.21. The van der Waals surface area contributed by atoms with Gasteiger partial charge in [-0.3, -0.25) is 0 Å². The van der Waals surface area contributed by atoms with E-state index in [0.717, 1.165) is 18.0 Å². The summed E-state index contributed by atoms with van der Waals surface area (Å²) in [4.78, 5) is 8.53. The van der Waals surface area contributed by atoms with Crippen molar-refractivity contribution in [3.05, 3.63) is 18.0 Å². The normalized spacial score (nSPS) is 18.9. The molecule has 0 amide bonds. The van der Waals surface area contributed by atoms with Crippen molar-refractivity contribution in [1.29, 1.82) is 0 Å². The number of hydrogen-bond donors (Lipinski definition) is 1. The number of rotatable bonds is 4. The molecule has 1 fully saturated rings. The molecule has 1 aromatic heterocycles. The lowest BCUT2D eigenvalue weighted by atomic mass is 9.75. The molecule has 17 heavy (non-hydrogen) atoms. The first kappa shape index (κ1) is 12.6. The highest BCUT2D eigenvalue weighted by Gasteiger charge is 2.31. The Morgan fingerprint density at radius 2 is 1.88 bits per heavy atom. The van der Waals surface area contributed by atoms with Crippen LogP contribution in [0.5, 0.6) is 0 Å². The zero-order chi connectivity index (χ0) is 12.1. The van der Waals surface area contributed by atoms with Crippen molar-refractivity contribution in [1.82, 2.24) is 9.97 Å². The highest BCUT2D eigenvalue weighted by atomic mass is 35.5. The quantitative estimate of drug-likeness (QED) is 0.836. The number of hydrogen-bond acceptors (Lipinski definition) is 3. The van der Waals surface area contributed by atoms with Crippen molar-refractivity contribution in [2.75, 3.05) is 17.7 Å². The maximum absolute atomic E-state index is 6.15. The van der Waals surface area contributed by atoms with Crippen LogP contribution in [-0.2, 0) is 0 Å². The molecular formula is C13H20ClN3. The second kappa shape index (κ2) is 5.67. The maximum atomic E-state index is 6.15. The third-order valence-corrected chi connectivity index (χ3v) is 4.17. The van der Waals surface area contributed by atoms with Crippen LogP contribution in [0.2, 0.25) is 0 Å². The minimum Gasteiger partial charge on any atom is -0.354 e. The van der Waals surface area contributed by atoms with Gasteiger partial charge in [-0.2, -0.15) is 0 Å². The molecule has 0 atom stereocenters. The van der Waals surface area contributed by atoms with E-state index >= 15 is 0 Å². The largest absolute Gasteiger partial charge is 0.354 e. The molecule has 1 saturated carbocycles. The average molecular weight is 254 g/mol. The average Bonchev–Trinajstić information content (AvgIpc) is 2.39. The summed E-state index contributed by atoms with van der Waals surface area (Å²) in [7, 11) is 0. The van der Waals surface area contributed by atoms with E-state index in [4.69, 9.17) is 11.6 Å². The highest BCUT2D eigenvalue weighted by molar-refractivity contribution is 6.18. The summed E-state index contributed by atoms with van der Waals surface area (Å²) in [6.45, 7) is 2.88. The molecule has 0 bridgehead atoms. The van der Waals surface area contributed by atoms with Crippen molar-refractivity contribution in [2.24, 2.45) is 5.41 Å². The summed E-state index contributed by atoms with van der Waals surface area (Å²) in [5.74, 6) is 1.44. The molecule has 0 radical (unpaired) electrons. The number of anilines is 1. The number of aromatic nitrogens is 2. The standard InChI is InChI=1S/C13H20ClN3/c1-11-7-15-12(16-8-11)17-10-13(9-14)5-3-2-4-6-13/h7-8H,2-6,9-10H2,1H3,(H,15,16,17). The van der Waals surface area contributed by atoms with E-state index in [1.807, 2.05) is 19.3 Å². The predicted molar refractivity (Wildman–Crippen MR) is 71.5 cm³/mol. The Hall–Kier alpha value is -0.830. The Morgan fingerprint density at radius 3 is 2.47 bits per heavy atom. The second-order valence-corrected chi connectivity index (χ2v) is 5.40. The molecule has 0 spiro atoms. The molecule has 0 saturated heterocycles. The van der Waals surface area contributed by atoms with Gasteiger partial charge < -0.3 is 5.32 Å². The van der Waals surface area contributed by atoms with Crippen LogP contribution in [0.3, 0.4) is 0 Å². The molecule has 1 heterocycles. The predicted octanol–water partition coefficient (Wildman–Crippen LogP) is 3.39. The van der Waals surface area contributed by atoms with Crippen molar-refractivity contribution < 1.29 is 0 Å². The molecule has 94 valence electrons. The van der Waals surface area contributed by atoms with Gasteiger partial charge in [0.2, 0.25) is 5.95 Å². The van der Waals surface area contributed by atoms with Gasteiger partial charge in [0.15, 0.2) is 0 Å². The van der Waals surface area contributed by atoms with Gasteiger partial charge in [-0.15, -0.1) is 11.6 Å². The lowest BCUT2D eigenvalue weighted by Crippen LogP contribution is -2.34. The van der Waals surface area contributed by atoms with Crippen LogP contribution in [0, 0.1) is 12.3 Å². The Bertz CT molecular complexity index is 344. The molecule has 2 rings (SSSR count). The van der Waals surface area contributed by atoms with Crippen molar-refractivity contribution in [2.45, 2.75) is 39.0 Å². The van der Waals surface area contributed by atoms with Crippen LogP contribution >= 0.6 is 11.6 Å². The van der Waals surface area contributed by atoms with Gasteiger partial charge >= 0.3 is 0 Å². The van der Waals surface area contributed by atoms with Gasteiger partial charge in [0.1, 0.15) is 0 Å². The summed E-state index contributed by atoms with van der Waals surface area (Å²) in [6.07, 6.45) is 10.0. The molecule has 3 nitrogen and oxygen atoms in total. The van der Waals surface area contributed by atoms with Crippen LogP contribution in [0.15, 0.2) is 12.4 Å². The topological polar surface area (TPSA) is 37.8 Å². The fraction of sp³-hybridized carbons (Fsp3) is 0.692. The van der Waals surface area contributed by atoms with E-state index in [2.05, 4.69) is 15.3 Å². The van der Waals surface area contributed by atoms with Crippen LogP contribution in [0.1, 0.15) is 37.7 Å². The zero-order valence-electron chi connectivity index (χ0n) is 10.4. The van der Waals surface area contributed by atoms with Crippen molar-refractivity contribution >= 4 is 17.5 Å². The van der Waals surface area contributed by atoms with E-state index in [-0.39, 0.29) is 5.41 Å². The third kappa shape index (κ3) is 3.32. The first-order valence-electron chi connectivity index (χ1n) is 6.33. The molecule has 4 heteroatoms. The summed E-state index contributed by atoms with van der Waals surface area (Å²) < 4.78 is 0. The van der Waals surface area contributed by atoms with E-state index < -0.39 is 0 Å². The Labute approximate surface area is 108 Å². The van der Waals surface area contributed by atoms with Gasteiger partial charge in [-0.1, -0.05) is 19.3 Å². The smallest absolute Gasteiger partial charge is 0.222 e. The second-order valence-electron chi connectivity index (χ2n) is 5.13. The number of nitrogens with one attached hydrogen (secondary N) is 1. The first-order chi connectivity index (χ1) is 8.24. The molecule has 1 aliphatic carbocycles. The SMILES string of the molecule is Cc1cnc(NCC2(CCl)CCCCC2)nc1. The Morgan fingerprint density at radius 1 is 1.24 bits per heavy atom. The molecule has 1 aromatic rings. The van der Waals surface area contributed by atoms with Crippen molar-refractivity contribution in [3.63, 3.8) is 0 Å². The lowest BCUT2D eigenvalue weighted by molar-refractivity contribution is 0.237. The number of nitrogens with zero attached hydrogens (tertiary/aromatic N) is 2. The summed E-state index contributed by atoms with van der Waals surface area (Å²) in [5.41, 5.74) is 1.33. The van der Waals surface area contributed by atoms with Crippen LogP contribution < -0.4 is 5.32 Å². The number of alkyl halides is 1. The fourth-order valence-corrected chi connectivity index (χ4v) is 2.77. The van der Waals surface area contributed by atoms with Crippen LogP contribution in [0.25, 0.3) is 0 Å². The van der Waals surface area contributed by atoms with Gasteiger partial charge in [0.05, 0.1) is 0 Å². The van der Waals surface area contributed by atoms with Crippen LogP contribution in [-0.4, -0.2) is 22.4 Å². The van der Waals surface area contributed by atoms with Gasteiger partial charge in [-0.05, 0) is 25.3 Å². The molecule has 0 aliphatic heterocycles. The van der Waals surface area contributed by atoms with Crippen molar-refractivity contribution in [3.8, 4) is 0 Å². The number of halogens is 1. The molecule has 1 N–H and O–H groups in total. The minimum atomic E-state index is 0.244. The third-order valence-electron chi connectivity index (χ3n) is 3.60. The van der Waals surface area contributed by atoms with Gasteiger partial charge in [0, 0.05) is 30.2 Å². The fourth-order valence-electron chi connectivity index (χ4n) is 2.41. The minimum absolute atomic E-state index is 0.244. The molecule has 0 unspecified atom stereocenters. The monoisotopic (exact) mass is 253 g/mol. The summed E-state index contributed by atoms with van der Waals surface area (Å²) in [6, 6.07) is 0. The van der Waals surface area contributed by atoms with E-state index in [0.29, 0.717) is 5.95 Å². The zero-order valence-corrected chi connectivity index (χ0v) is 11.1. The van der Waals surface area contributed by atoms with Gasteiger partial charge in [-0.25, -0.2) is 9.97 Å². The van der Waals surface area contributed by atoms with E-state index in [1.54, 1.807) is 0 Å². The summed E-state index contributed by atoms with van der Waals surface area (Å²) >= 11 is 6.15. The van der Waals surface area contributed by atoms with E-state index in [1.165, 1.54) is 32.1 Å².